The average molecular weight is 430 g/mol. The summed E-state index contributed by atoms with van der Waals surface area (Å²) in [6.07, 6.45) is 1.73. The van der Waals surface area contributed by atoms with Gasteiger partial charge in [0.05, 0.1) is 12.0 Å². The Bertz CT molecular complexity index is 1000. The van der Waals surface area contributed by atoms with Gasteiger partial charge in [-0.2, -0.15) is 5.01 Å². The van der Waals surface area contributed by atoms with Gasteiger partial charge in [-0.1, -0.05) is 23.9 Å². The number of phenols is 1. The van der Waals surface area contributed by atoms with Crippen LogP contribution in [-0.4, -0.2) is 47.5 Å². The van der Waals surface area contributed by atoms with Crippen molar-refractivity contribution in [3.8, 4) is 11.5 Å². The number of phenolic OH excluding ortho intramolecular Hbond substituents is 1. The fourth-order valence-electron chi connectivity index (χ4n) is 2.57. The van der Waals surface area contributed by atoms with Crippen LogP contribution in [0.15, 0.2) is 47.4 Å². The topological polar surface area (TPSA) is 82.1 Å². The van der Waals surface area contributed by atoms with E-state index in [0.717, 1.165) is 28.0 Å². The van der Waals surface area contributed by atoms with Gasteiger partial charge < -0.3 is 14.7 Å². The molecule has 3 rings (SSSR count). The maximum atomic E-state index is 12.7. The molecule has 9 heteroatoms. The Hall–Kier alpha value is -3.04. The van der Waals surface area contributed by atoms with Crippen molar-refractivity contribution in [3.05, 3.63) is 58.5 Å². The number of anilines is 1. The summed E-state index contributed by atoms with van der Waals surface area (Å²) >= 11 is 6.36. The number of amides is 2. The minimum Gasteiger partial charge on any atom is -0.504 e. The van der Waals surface area contributed by atoms with Crippen molar-refractivity contribution in [2.24, 2.45) is 0 Å². The second kappa shape index (κ2) is 8.54. The summed E-state index contributed by atoms with van der Waals surface area (Å²) in [5, 5.41) is 10.7. The molecule has 29 heavy (non-hydrogen) atoms. The maximum absolute atomic E-state index is 12.7. The number of nitrogens with zero attached hydrogens (tertiary/aromatic N) is 2. The lowest BCUT2D eigenvalue weighted by atomic mass is 10.2. The third-order valence-corrected chi connectivity index (χ3v) is 5.46. The molecule has 1 fully saturated rings. The fourth-order valence-corrected chi connectivity index (χ4v) is 3.75. The predicted molar refractivity (Wildman–Crippen MR) is 118 cm³/mol. The lowest BCUT2D eigenvalue weighted by molar-refractivity contribution is -0.123. The summed E-state index contributed by atoms with van der Waals surface area (Å²) in [4.78, 5) is 27.6. The number of nitrogens with one attached hydrogen (secondary N) is 1. The van der Waals surface area contributed by atoms with Crippen LogP contribution in [0.5, 0.6) is 11.5 Å². The van der Waals surface area contributed by atoms with Gasteiger partial charge in [-0.15, -0.1) is 0 Å². The summed E-state index contributed by atoms with van der Waals surface area (Å²) < 4.78 is 5.23. The molecular weight excluding hydrogens is 410 g/mol. The van der Waals surface area contributed by atoms with Crippen molar-refractivity contribution < 1.29 is 19.4 Å². The quantitative estimate of drug-likeness (QED) is 0.558. The summed E-state index contributed by atoms with van der Waals surface area (Å²) in [6.45, 7) is 0. The zero-order chi connectivity index (χ0) is 21.1. The lowest BCUT2D eigenvalue weighted by Gasteiger charge is -2.16. The lowest BCUT2D eigenvalue weighted by Crippen LogP contribution is -2.44. The van der Waals surface area contributed by atoms with Crippen LogP contribution in [0.2, 0.25) is 0 Å². The van der Waals surface area contributed by atoms with Crippen LogP contribution in [0.1, 0.15) is 15.9 Å². The number of ether oxygens (including phenoxy) is 1. The molecule has 0 spiro atoms. The number of hydrogen-bond acceptors (Lipinski definition) is 7. The Labute approximate surface area is 177 Å². The van der Waals surface area contributed by atoms with Crippen LogP contribution in [0.4, 0.5) is 5.69 Å². The molecule has 0 atom stereocenters. The van der Waals surface area contributed by atoms with E-state index in [0.29, 0.717) is 4.91 Å². The van der Waals surface area contributed by atoms with Gasteiger partial charge in [-0.25, -0.2) is 0 Å². The molecule has 0 aliphatic carbocycles. The van der Waals surface area contributed by atoms with E-state index in [4.69, 9.17) is 17.0 Å². The molecule has 2 N–H and O–H groups in total. The first-order valence-electron chi connectivity index (χ1n) is 8.53. The molecule has 150 valence electrons. The Morgan fingerprint density at radius 1 is 1.24 bits per heavy atom. The number of hydrogen-bond donors (Lipinski definition) is 2. The SMILES string of the molecule is COc1cc(C(=O)NN2C(=O)C(=Cc3ccc(N(C)C)cc3)SC2=S)ccc1O. The van der Waals surface area contributed by atoms with Crippen molar-refractivity contribution in [1.82, 2.24) is 10.4 Å². The number of thioether (sulfide) groups is 1. The van der Waals surface area contributed by atoms with E-state index in [9.17, 15) is 14.7 Å². The van der Waals surface area contributed by atoms with Gasteiger partial charge >= 0.3 is 0 Å². The van der Waals surface area contributed by atoms with Crippen molar-refractivity contribution >= 4 is 51.9 Å². The molecule has 1 saturated heterocycles. The summed E-state index contributed by atoms with van der Waals surface area (Å²) in [5.41, 5.74) is 4.62. The molecule has 0 unspecified atom stereocenters. The molecule has 1 heterocycles. The van der Waals surface area contributed by atoms with Gasteiger partial charge in [0.2, 0.25) is 0 Å². The largest absolute Gasteiger partial charge is 0.504 e. The first-order valence-corrected chi connectivity index (χ1v) is 9.76. The first-order chi connectivity index (χ1) is 13.8. The third kappa shape index (κ3) is 4.52. The van der Waals surface area contributed by atoms with Crippen LogP contribution in [0, 0.1) is 0 Å². The highest BCUT2D eigenvalue weighted by molar-refractivity contribution is 8.26. The number of carbonyl (C=O) groups excluding carboxylic acids is 2. The molecular formula is C20H19N3O4S2. The van der Waals surface area contributed by atoms with Gasteiger partial charge in [-0.3, -0.25) is 15.0 Å². The van der Waals surface area contributed by atoms with Crippen LogP contribution in [0.3, 0.4) is 0 Å². The highest BCUT2D eigenvalue weighted by Gasteiger charge is 2.33. The number of aromatic hydroxyl groups is 1. The van der Waals surface area contributed by atoms with Crippen LogP contribution in [0.25, 0.3) is 6.08 Å². The summed E-state index contributed by atoms with van der Waals surface area (Å²) in [7, 11) is 5.29. The molecule has 2 aromatic rings. The zero-order valence-electron chi connectivity index (χ0n) is 16.0. The Morgan fingerprint density at radius 2 is 1.93 bits per heavy atom. The van der Waals surface area contributed by atoms with Gasteiger partial charge in [0.15, 0.2) is 15.8 Å². The number of thiocarbonyl (C=S) groups is 1. The van der Waals surface area contributed by atoms with Crippen LogP contribution >= 0.6 is 24.0 Å². The minimum atomic E-state index is -0.545. The number of carbonyl (C=O) groups is 2. The normalized spacial score (nSPS) is 15.0. The van der Waals surface area contributed by atoms with Crippen molar-refractivity contribution in [2.45, 2.75) is 0 Å². The van der Waals surface area contributed by atoms with Crippen molar-refractivity contribution in [1.29, 1.82) is 0 Å². The monoisotopic (exact) mass is 429 g/mol. The molecule has 1 aliphatic rings. The molecule has 0 bridgehead atoms. The van der Waals surface area contributed by atoms with E-state index in [1.807, 2.05) is 43.3 Å². The summed E-state index contributed by atoms with van der Waals surface area (Å²) in [5.74, 6) is -0.881. The van der Waals surface area contributed by atoms with E-state index in [1.54, 1.807) is 6.08 Å². The first kappa shape index (κ1) is 20.7. The second-order valence-electron chi connectivity index (χ2n) is 6.33. The smallest absolute Gasteiger partial charge is 0.285 e. The summed E-state index contributed by atoms with van der Waals surface area (Å²) in [6, 6.07) is 11.9. The van der Waals surface area contributed by atoms with Gasteiger partial charge in [-0.05, 0) is 54.2 Å². The number of hydrazine groups is 1. The Balaban J connectivity index is 1.75. The van der Waals surface area contributed by atoms with E-state index >= 15 is 0 Å². The second-order valence-corrected chi connectivity index (χ2v) is 8.01. The zero-order valence-corrected chi connectivity index (χ0v) is 17.6. The van der Waals surface area contributed by atoms with Gasteiger partial charge in [0.1, 0.15) is 0 Å². The molecule has 2 aromatic carbocycles. The Morgan fingerprint density at radius 3 is 2.55 bits per heavy atom. The van der Waals surface area contributed by atoms with Crippen LogP contribution in [-0.2, 0) is 4.79 Å². The molecule has 0 aromatic heterocycles. The molecule has 0 saturated carbocycles. The average Bonchev–Trinajstić information content (AvgIpc) is 2.96. The van der Waals surface area contributed by atoms with Crippen LogP contribution < -0.4 is 15.1 Å². The number of benzene rings is 2. The van der Waals surface area contributed by atoms with Gasteiger partial charge in [0.25, 0.3) is 11.8 Å². The maximum Gasteiger partial charge on any atom is 0.285 e. The molecule has 0 radical (unpaired) electrons. The Kier molecular flexibility index (Phi) is 6.09. The van der Waals surface area contributed by atoms with Crippen molar-refractivity contribution in [2.75, 3.05) is 26.1 Å². The third-order valence-electron chi connectivity index (χ3n) is 4.16. The van der Waals surface area contributed by atoms with E-state index < -0.39 is 11.8 Å². The number of methoxy groups -OCH3 is 1. The number of rotatable bonds is 5. The molecule has 1 aliphatic heterocycles. The van der Waals surface area contributed by atoms with Gasteiger partial charge in [0, 0.05) is 25.3 Å². The van der Waals surface area contributed by atoms with Crippen molar-refractivity contribution in [3.63, 3.8) is 0 Å². The molecule has 2 amide bonds. The standard InChI is InChI=1S/C20H19N3O4S2/c1-22(2)14-7-4-12(5-8-14)10-17-19(26)23(20(28)29-17)21-18(25)13-6-9-15(24)16(11-13)27-3/h4-11,24H,1-3H3,(H,21,25). The highest BCUT2D eigenvalue weighted by atomic mass is 32.2. The highest BCUT2D eigenvalue weighted by Crippen LogP contribution is 2.32. The fraction of sp³-hybridized carbons (Fsp3) is 0.150. The predicted octanol–water partition coefficient (Wildman–Crippen LogP) is 3.01. The van der Waals surface area contributed by atoms with E-state index in [2.05, 4.69) is 5.43 Å². The minimum absolute atomic E-state index is 0.0853. The van der Waals surface area contributed by atoms with E-state index in [1.165, 1.54) is 25.3 Å². The van der Waals surface area contributed by atoms with E-state index in [-0.39, 0.29) is 21.4 Å². The molecule has 7 nitrogen and oxygen atoms in total.